The molecule has 1 aliphatic carbocycles. The van der Waals surface area contributed by atoms with Crippen LogP contribution in [0.2, 0.25) is 0 Å². The van der Waals surface area contributed by atoms with Crippen molar-refractivity contribution >= 4 is 5.69 Å². The Balaban J connectivity index is 2.18. The molecule has 0 spiro atoms. The minimum absolute atomic E-state index is 0.223. The molecule has 3 heteroatoms. The summed E-state index contributed by atoms with van der Waals surface area (Å²) in [6, 6.07) is 5.01. The zero-order valence-corrected chi connectivity index (χ0v) is 8.68. The van der Waals surface area contributed by atoms with E-state index in [1.165, 1.54) is 6.07 Å². The van der Waals surface area contributed by atoms with Crippen molar-refractivity contribution in [1.29, 1.82) is 0 Å². The Morgan fingerprint density at radius 1 is 1.47 bits per heavy atom. The molecule has 1 fully saturated rings. The number of rotatable bonds is 2. The minimum Gasteiger partial charge on any atom is -0.314 e. The highest BCUT2D eigenvalue weighted by molar-refractivity contribution is 5.48. The van der Waals surface area contributed by atoms with Gasteiger partial charge in [0.05, 0.1) is 0 Å². The highest BCUT2D eigenvalue weighted by Crippen LogP contribution is 2.36. The van der Waals surface area contributed by atoms with E-state index in [1.807, 2.05) is 6.07 Å². The Hall–Kier alpha value is -1.56. The predicted octanol–water partition coefficient (Wildman–Crippen LogP) is 3.35. The summed E-state index contributed by atoms with van der Waals surface area (Å²) < 4.78 is 13.3. The molecule has 0 aliphatic heterocycles. The van der Waals surface area contributed by atoms with E-state index < -0.39 is 5.66 Å². The molecular weight excluding hydrogens is 191 g/mol. The van der Waals surface area contributed by atoms with Crippen molar-refractivity contribution in [2.75, 3.05) is 5.32 Å². The van der Waals surface area contributed by atoms with Crippen molar-refractivity contribution in [3.8, 4) is 0 Å². The molecule has 0 saturated heterocycles. The molecule has 1 N–H and O–H groups in total. The molecule has 1 aliphatic rings. The minimum atomic E-state index is -0.471. The summed E-state index contributed by atoms with van der Waals surface area (Å²) in [6.07, 6.45) is 2.78. The van der Waals surface area contributed by atoms with Gasteiger partial charge in [0.2, 0.25) is 0 Å². The van der Waals surface area contributed by atoms with Gasteiger partial charge in [-0.15, -0.1) is 0 Å². The van der Waals surface area contributed by atoms with Gasteiger partial charge in [-0.25, -0.2) is 11.0 Å². The van der Waals surface area contributed by atoms with Crippen LogP contribution in [0.5, 0.6) is 0 Å². The maximum atomic E-state index is 13.3. The predicted molar refractivity (Wildman–Crippen MR) is 57.9 cm³/mol. The quantitative estimate of drug-likeness (QED) is 0.731. The zero-order chi connectivity index (χ0) is 10.9. The summed E-state index contributed by atoms with van der Waals surface area (Å²) in [5.74, 6) is -0.223. The van der Waals surface area contributed by atoms with E-state index in [0.29, 0.717) is 11.3 Å². The first-order chi connectivity index (χ1) is 7.15. The van der Waals surface area contributed by atoms with E-state index in [9.17, 15) is 4.39 Å². The lowest BCUT2D eigenvalue weighted by atomic mass is 9.85. The van der Waals surface area contributed by atoms with Crippen LogP contribution in [0.1, 0.15) is 24.8 Å². The average molecular weight is 204 g/mol. The van der Waals surface area contributed by atoms with E-state index in [0.717, 1.165) is 19.3 Å². The van der Waals surface area contributed by atoms with Crippen LogP contribution in [-0.2, 0) is 0 Å². The maximum Gasteiger partial charge on any atom is 0.305 e. The molecule has 0 unspecified atom stereocenters. The zero-order valence-electron chi connectivity index (χ0n) is 8.68. The molecule has 2 rings (SSSR count). The third-order valence-electron chi connectivity index (χ3n) is 2.94. The number of nitrogens with zero attached hydrogens (tertiary/aromatic N) is 1. The van der Waals surface area contributed by atoms with Gasteiger partial charge >= 0.3 is 5.66 Å². The monoisotopic (exact) mass is 204 g/mol. The van der Waals surface area contributed by atoms with Gasteiger partial charge in [-0.1, -0.05) is 6.07 Å². The van der Waals surface area contributed by atoms with Gasteiger partial charge in [0.15, 0.2) is 0 Å². The van der Waals surface area contributed by atoms with Crippen molar-refractivity contribution in [1.82, 2.24) is 0 Å². The summed E-state index contributed by atoms with van der Waals surface area (Å²) in [5, 5.41) is 3.12. The number of anilines is 1. The summed E-state index contributed by atoms with van der Waals surface area (Å²) >= 11 is 0. The van der Waals surface area contributed by atoms with E-state index in [2.05, 4.69) is 10.2 Å². The van der Waals surface area contributed by atoms with Gasteiger partial charge in [0.1, 0.15) is 5.82 Å². The molecule has 0 bridgehead atoms. The molecule has 0 radical (unpaired) electrons. The summed E-state index contributed by atoms with van der Waals surface area (Å²) in [6.45, 7) is 8.85. The second kappa shape index (κ2) is 3.54. The lowest BCUT2D eigenvalue weighted by Crippen LogP contribution is -2.41. The SMILES string of the molecule is [C-]#[N+]C1(Nc2ccc(C)c(F)c2)CCC1. The van der Waals surface area contributed by atoms with Gasteiger partial charge < -0.3 is 5.32 Å². The van der Waals surface area contributed by atoms with Crippen LogP contribution in [0.4, 0.5) is 10.1 Å². The Labute approximate surface area is 88.9 Å². The van der Waals surface area contributed by atoms with E-state index in [4.69, 9.17) is 6.57 Å². The van der Waals surface area contributed by atoms with Crippen LogP contribution in [0.15, 0.2) is 18.2 Å². The molecular formula is C12H13FN2. The smallest absolute Gasteiger partial charge is 0.305 e. The Kier molecular flexibility index (Phi) is 2.36. The lowest BCUT2D eigenvalue weighted by molar-refractivity contribution is 0.343. The highest BCUT2D eigenvalue weighted by atomic mass is 19.1. The molecule has 0 aromatic heterocycles. The first-order valence-electron chi connectivity index (χ1n) is 5.08. The van der Waals surface area contributed by atoms with Crippen molar-refractivity contribution < 1.29 is 4.39 Å². The number of aryl methyl sites for hydroxylation is 1. The van der Waals surface area contributed by atoms with Gasteiger partial charge in [-0.3, -0.25) is 4.85 Å². The molecule has 1 saturated carbocycles. The van der Waals surface area contributed by atoms with Crippen LogP contribution >= 0.6 is 0 Å². The maximum absolute atomic E-state index is 13.3. The van der Waals surface area contributed by atoms with Crippen LogP contribution in [0, 0.1) is 19.3 Å². The Bertz CT molecular complexity index is 416. The Morgan fingerprint density at radius 2 is 2.20 bits per heavy atom. The third-order valence-corrected chi connectivity index (χ3v) is 2.94. The second-order valence-electron chi connectivity index (χ2n) is 4.09. The number of halogens is 1. The van der Waals surface area contributed by atoms with Crippen molar-refractivity contribution in [2.45, 2.75) is 31.8 Å². The molecule has 0 heterocycles. The average Bonchev–Trinajstić information content (AvgIpc) is 2.17. The normalized spacial score (nSPS) is 17.7. The second-order valence-corrected chi connectivity index (χ2v) is 4.09. The fourth-order valence-electron chi connectivity index (χ4n) is 1.72. The third kappa shape index (κ3) is 1.80. The molecule has 15 heavy (non-hydrogen) atoms. The van der Waals surface area contributed by atoms with Gasteiger partial charge in [-0.2, -0.15) is 0 Å². The first kappa shape index (κ1) is 9.97. The largest absolute Gasteiger partial charge is 0.314 e. The molecule has 2 nitrogen and oxygen atoms in total. The topological polar surface area (TPSA) is 16.4 Å². The molecule has 1 aromatic rings. The van der Waals surface area contributed by atoms with Gasteiger partial charge in [0.25, 0.3) is 0 Å². The summed E-state index contributed by atoms with van der Waals surface area (Å²) in [4.78, 5) is 3.59. The number of hydrogen-bond donors (Lipinski definition) is 1. The van der Waals surface area contributed by atoms with E-state index >= 15 is 0 Å². The van der Waals surface area contributed by atoms with Crippen LogP contribution in [-0.4, -0.2) is 5.66 Å². The first-order valence-corrected chi connectivity index (χ1v) is 5.08. The molecule has 1 aromatic carbocycles. The Morgan fingerprint density at radius 3 is 2.67 bits per heavy atom. The van der Waals surface area contributed by atoms with Crippen molar-refractivity contribution in [3.05, 3.63) is 41.0 Å². The van der Waals surface area contributed by atoms with E-state index in [-0.39, 0.29) is 5.82 Å². The number of hydrogen-bond acceptors (Lipinski definition) is 1. The van der Waals surface area contributed by atoms with Crippen molar-refractivity contribution in [3.63, 3.8) is 0 Å². The van der Waals surface area contributed by atoms with Crippen LogP contribution < -0.4 is 5.32 Å². The number of benzene rings is 1. The fourth-order valence-corrected chi connectivity index (χ4v) is 1.72. The number of nitrogens with one attached hydrogen (secondary N) is 1. The fraction of sp³-hybridized carbons (Fsp3) is 0.417. The molecule has 0 amide bonds. The molecule has 0 atom stereocenters. The van der Waals surface area contributed by atoms with Crippen LogP contribution in [0.3, 0.4) is 0 Å². The van der Waals surface area contributed by atoms with Crippen molar-refractivity contribution in [2.24, 2.45) is 0 Å². The molecule has 78 valence electrons. The lowest BCUT2D eigenvalue weighted by Gasteiger charge is -2.31. The summed E-state index contributed by atoms with van der Waals surface area (Å²) in [5.41, 5.74) is 0.863. The summed E-state index contributed by atoms with van der Waals surface area (Å²) in [7, 11) is 0. The van der Waals surface area contributed by atoms with Gasteiger partial charge in [-0.05, 0) is 31.0 Å². The standard InChI is InChI=1S/C12H13FN2/c1-9-4-5-10(8-11(9)13)15-12(14-2)6-3-7-12/h4-5,8,15H,3,6-7H2,1H3. The van der Waals surface area contributed by atoms with E-state index in [1.54, 1.807) is 13.0 Å². The van der Waals surface area contributed by atoms with Gasteiger partial charge in [0, 0.05) is 18.5 Å². The van der Waals surface area contributed by atoms with Crippen LogP contribution in [0.25, 0.3) is 4.85 Å². The highest BCUT2D eigenvalue weighted by Gasteiger charge is 2.43.